The van der Waals surface area contributed by atoms with Gasteiger partial charge in [-0.15, -0.1) is 5.10 Å². The third-order valence-electron chi connectivity index (χ3n) is 3.42. The van der Waals surface area contributed by atoms with Crippen LogP contribution in [-0.4, -0.2) is 38.4 Å². The SMILES string of the molecule is Cc1nn(C)c(C)c1S(=O)(=O)Nc1cccc(-n2cnnn2)c1. The van der Waals surface area contributed by atoms with Crippen LogP contribution < -0.4 is 4.72 Å². The number of tetrazole rings is 1. The van der Waals surface area contributed by atoms with E-state index < -0.39 is 10.0 Å². The predicted octanol–water partition coefficient (Wildman–Crippen LogP) is 0.813. The normalized spacial score (nSPS) is 11.6. The van der Waals surface area contributed by atoms with Gasteiger partial charge in [-0.05, 0) is 42.5 Å². The number of hydrogen-bond acceptors (Lipinski definition) is 6. The molecule has 0 bridgehead atoms. The van der Waals surface area contributed by atoms with Crippen molar-refractivity contribution in [2.45, 2.75) is 18.7 Å². The lowest BCUT2D eigenvalue weighted by molar-refractivity contribution is 0.599. The zero-order chi connectivity index (χ0) is 16.6. The van der Waals surface area contributed by atoms with Gasteiger partial charge < -0.3 is 0 Å². The zero-order valence-corrected chi connectivity index (χ0v) is 13.6. The molecule has 1 aromatic carbocycles. The van der Waals surface area contributed by atoms with E-state index in [4.69, 9.17) is 0 Å². The lowest BCUT2D eigenvalue weighted by Gasteiger charge is -2.09. The van der Waals surface area contributed by atoms with E-state index in [0.29, 0.717) is 22.8 Å². The van der Waals surface area contributed by atoms with Gasteiger partial charge in [-0.3, -0.25) is 9.40 Å². The molecule has 0 aliphatic carbocycles. The molecular formula is C13H15N7O2S. The van der Waals surface area contributed by atoms with Gasteiger partial charge in [0, 0.05) is 7.05 Å². The summed E-state index contributed by atoms with van der Waals surface area (Å²) in [5, 5.41) is 15.0. The maximum Gasteiger partial charge on any atom is 0.265 e. The zero-order valence-electron chi connectivity index (χ0n) is 12.8. The summed E-state index contributed by atoms with van der Waals surface area (Å²) in [4.78, 5) is 0.188. The summed E-state index contributed by atoms with van der Waals surface area (Å²) in [7, 11) is -2.03. The Kier molecular flexibility index (Phi) is 3.60. The van der Waals surface area contributed by atoms with Gasteiger partial charge >= 0.3 is 0 Å². The Balaban J connectivity index is 1.97. The highest BCUT2D eigenvalue weighted by atomic mass is 32.2. The van der Waals surface area contributed by atoms with Gasteiger partial charge in [-0.1, -0.05) is 6.07 Å². The van der Waals surface area contributed by atoms with Gasteiger partial charge in [0.2, 0.25) is 0 Å². The molecule has 2 heterocycles. The van der Waals surface area contributed by atoms with Crippen molar-refractivity contribution in [3.63, 3.8) is 0 Å². The highest BCUT2D eigenvalue weighted by Crippen LogP contribution is 2.23. The summed E-state index contributed by atoms with van der Waals surface area (Å²) < 4.78 is 30.8. The van der Waals surface area contributed by atoms with E-state index in [1.165, 1.54) is 11.0 Å². The lowest BCUT2D eigenvalue weighted by Crippen LogP contribution is -2.15. The minimum atomic E-state index is -3.73. The summed E-state index contributed by atoms with van der Waals surface area (Å²) in [6, 6.07) is 6.80. The number of nitrogens with one attached hydrogen (secondary N) is 1. The van der Waals surface area contributed by atoms with Gasteiger partial charge in [0.25, 0.3) is 10.0 Å². The molecule has 0 spiro atoms. The minimum Gasteiger partial charge on any atom is -0.279 e. The number of sulfonamides is 1. The first-order chi connectivity index (χ1) is 10.9. The predicted molar refractivity (Wildman–Crippen MR) is 82.6 cm³/mol. The van der Waals surface area contributed by atoms with E-state index in [0.717, 1.165) is 0 Å². The van der Waals surface area contributed by atoms with Crippen molar-refractivity contribution in [1.82, 2.24) is 30.0 Å². The Bertz CT molecular complexity index is 945. The fraction of sp³-hybridized carbons (Fsp3) is 0.231. The molecule has 2 aromatic heterocycles. The van der Waals surface area contributed by atoms with Gasteiger partial charge in [0.15, 0.2) is 0 Å². The molecular weight excluding hydrogens is 318 g/mol. The van der Waals surface area contributed by atoms with Crippen LogP contribution in [0.1, 0.15) is 11.4 Å². The number of aromatic nitrogens is 6. The van der Waals surface area contributed by atoms with Crippen molar-refractivity contribution >= 4 is 15.7 Å². The third kappa shape index (κ3) is 2.80. The van der Waals surface area contributed by atoms with E-state index in [2.05, 4.69) is 25.3 Å². The Hall–Kier alpha value is -2.75. The average Bonchev–Trinajstić information content (AvgIpc) is 3.08. The topological polar surface area (TPSA) is 108 Å². The number of anilines is 1. The fourth-order valence-electron chi connectivity index (χ4n) is 2.34. The van der Waals surface area contributed by atoms with Crippen molar-refractivity contribution in [1.29, 1.82) is 0 Å². The average molecular weight is 333 g/mol. The molecule has 0 aliphatic rings. The van der Waals surface area contributed by atoms with Crippen LogP contribution in [0.25, 0.3) is 5.69 Å². The van der Waals surface area contributed by atoms with Gasteiger partial charge in [0.1, 0.15) is 11.2 Å². The maximum absolute atomic E-state index is 12.6. The van der Waals surface area contributed by atoms with Gasteiger partial charge in [-0.2, -0.15) is 5.10 Å². The van der Waals surface area contributed by atoms with E-state index >= 15 is 0 Å². The first-order valence-electron chi connectivity index (χ1n) is 6.75. The highest BCUT2D eigenvalue weighted by molar-refractivity contribution is 7.92. The van der Waals surface area contributed by atoms with Gasteiger partial charge in [-0.25, -0.2) is 13.1 Å². The number of benzene rings is 1. The monoisotopic (exact) mass is 333 g/mol. The summed E-state index contributed by atoms with van der Waals surface area (Å²) in [6.07, 6.45) is 1.43. The maximum atomic E-state index is 12.6. The largest absolute Gasteiger partial charge is 0.279 e. The van der Waals surface area contributed by atoms with E-state index in [1.807, 2.05) is 0 Å². The van der Waals surface area contributed by atoms with Crippen LogP contribution in [0.3, 0.4) is 0 Å². The number of aryl methyl sites for hydroxylation is 2. The second kappa shape index (κ2) is 5.47. The fourth-order valence-corrected chi connectivity index (χ4v) is 3.83. The molecule has 3 aromatic rings. The molecule has 23 heavy (non-hydrogen) atoms. The van der Waals surface area contributed by atoms with Crippen molar-refractivity contribution in [3.05, 3.63) is 42.0 Å². The summed E-state index contributed by atoms with van der Waals surface area (Å²) >= 11 is 0. The molecule has 0 unspecified atom stereocenters. The van der Waals surface area contributed by atoms with Crippen LogP contribution in [0.5, 0.6) is 0 Å². The Morgan fingerprint density at radius 3 is 2.61 bits per heavy atom. The quantitative estimate of drug-likeness (QED) is 0.757. The Labute approximate surface area is 133 Å². The van der Waals surface area contributed by atoms with Crippen molar-refractivity contribution < 1.29 is 8.42 Å². The molecule has 120 valence electrons. The minimum absolute atomic E-state index is 0.188. The smallest absolute Gasteiger partial charge is 0.265 e. The highest BCUT2D eigenvalue weighted by Gasteiger charge is 2.23. The molecule has 0 radical (unpaired) electrons. The van der Waals surface area contributed by atoms with E-state index in [9.17, 15) is 8.42 Å². The van der Waals surface area contributed by atoms with Crippen molar-refractivity contribution in [2.24, 2.45) is 7.05 Å². The van der Waals surface area contributed by atoms with Gasteiger partial charge in [0.05, 0.1) is 22.8 Å². The molecule has 1 N–H and O–H groups in total. The first-order valence-corrected chi connectivity index (χ1v) is 8.23. The number of hydrogen-bond donors (Lipinski definition) is 1. The molecule has 0 amide bonds. The molecule has 0 saturated carbocycles. The van der Waals surface area contributed by atoms with Crippen LogP contribution in [0.15, 0.2) is 35.5 Å². The van der Waals surface area contributed by atoms with Crippen molar-refractivity contribution in [2.75, 3.05) is 4.72 Å². The standard InChI is InChI=1S/C13H15N7O2S/c1-9-13(10(2)19(3)15-9)23(21,22)16-11-5-4-6-12(7-11)20-8-14-17-18-20/h4-8,16H,1-3H3. The van der Waals surface area contributed by atoms with E-state index in [1.54, 1.807) is 49.8 Å². The number of rotatable bonds is 4. The molecule has 10 heteroatoms. The third-order valence-corrected chi connectivity index (χ3v) is 5.06. The molecule has 0 saturated heterocycles. The Morgan fingerprint density at radius 2 is 2.00 bits per heavy atom. The second-order valence-electron chi connectivity index (χ2n) is 5.03. The lowest BCUT2D eigenvalue weighted by atomic mass is 10.3. The van der Waals surface area contributed by atoms with E-state index in [-0.39, 0.29) is 4.90 Å². The summed E-state index contributed by atoms with van der Waals surface area (Å²) in [5.74, 6) is 0. The van der Waals surface area contributed by atoms with Crippen LogP contribution in [0, 0.1) is 13.8 Å². The molecule has 0 fully saturated rings. The first kappa shape index (κ1) is 15.2. The molecule has 3 rings (SSSR count). The van der Waals surface area contributed by atoms with Crippen LogP contribution >= 0.6 is 0 Å². The van der Waals surface area contributed by atoms with Crippen molar-refractivity contribution in [3.8, 4) is 5.69 Å². The summed E-state index contributed by atoms with van der Waals surface area (Å²) in [5.41, 5.74) is 2.09. The summed E-state index contributed by atoms with van der Waals surface area (Å²) in [6.45, 7) is 3.38. The molecule has 0 atom stereocenters. The second-order valence-corrected chi connectivity index (χ2v) is 6.65. The van der Waals surface area contributed by atoms with Crippen LogP contribution in [0.2, 0.25) is 0 Å². The molecule has 0 aliphatic heterocycles. The number of nitrogens with zero attached hydrogens (tertiary/aromatic N) is 6. The Morgan fingerprint density at radius 1 is 1.22 bits per heavy atom. The van der Waals surface area contributed by atoms with Crippen LogP contribution in [0.4, 0.5) is 5.69 Å². The van der Waals surface area contributed by atoms with Crippen LogP contribution in [-0.2, 0) is 17.1 Å². The molecule has 9 nitrogen and oxygen atoms in total.